The third kappa shape index (κ3) is 4.47. The zero-order chi connectivity index (χ0) is 22.2. The SMILES string of the molecule is Cc1cc(NC(=O)N2Cc3c(C(=O)C[C@H](C)C(F)(F)F)ncn3C[C@@H]2C)ccc1F. The first kappa shape index (κ1) is 21.8. The van der Waals surface area contributed by atoms with Gasteiger partial charge in [-0.05, 0) is 37.6 Å². The van der Waals surface area contributed by atoms with Gasteiger partial charge in [0.15, 0.2) is 5.78 Å². The Labute approximate surface area is 170 Å². The molecule has 2 amide bonds. The lowest BCUT2D eigenvalue weighted by Crippen LogP contribution is -2.46. The van der Waals surface area contributed by atoms with E-state index in [9.17, 15) is 27.2 Å². The molecule has 0 saturated carbocycles. The van der Waals surface area contributed by atoms with Crippen molar-refractivity contribution in [2.75, 3.05) is 5.32 Å². The van der Waals surface area contributed by atoms with Crippen molar-refractivity contribution < 1.29 is 27.2 Å². The van der Waals surface area contributed by atoms with E-state index in [4.69, 9.17) is 0 Å². The summed E-state index contributed by atoms with van der Waals surface area (Å²) in [6.07, 6.45) is -3.76. The normalized spacial score (nSPS) is 17.4. The van der Waals surface area contributed by atoms with Crippen molar-refractivity contribution in [3.63, 3.8) is 0 Å². The number of urea groups is 1. The van der Waals surface area contributed by atoms with Gasteiger partial charge in [-0.25, -0.2) is 14.2 Å². The van der Waals surface area contributed by atoms with Gasteiger partial charge < -0.3 is 14.8 Å². The molecule has 0 fully saturated rings. The highest BCUT2D eigenvalue weighted by Crippen LogP contribution is 2.30. The molecule has 1 aromatic heterocycles. The van der Waals surface area contributed by atoms with E-state index in [1.165, 1.54) is 29.4 Å². The standard InChI is InChI=1S/C20H22F4N4O2/c1-11-6-14(4-5-15(11)21)26-19(30)28-9-16-18(25-10-27(16)8-13(28)3)17(29)7-12(2)20(22,23)24/h4-6,10,12-13H,7-9H2,1-3H3,(H,26,30)/t12-,13-/m0/s1. The van der Waals surface area contributed by atoms with Crippen LogP contribution in [0, 0.1) is 18.7 Å². The van der Waals surface area contributed by atoms with E-state index in [0.29, 0.717) is 23.5 Å². The summed E-state index contributed by atoms with van der Waals surface area (Å²) in [6.45, 7) is 4.71. The number of nitrogens with one attached hydrogen (secondary N) is 1. The number of aryl methyl sites for hydroxylation is 1. The van der Waals surface area contributed by atoms with Gasteiger partial charge in [0.2, 0.25) is 0 Å². The zero-order valence-electron chi connectivity index (χ0n) is 16.8. The van der Waals surface area contributed by atoms with Crippen LogP contribution in [0.15, 0.2) is 24.5 Å². The van der Waals surface area contributed by atoms with Crippen molar-refractivity contribution in [3.05, 3.63) is 47.3 Å². The fourth-order valence-electron chi connectivity index (χ4n) is 3.34. The number of Topliss-reactive ketones (excluding diaryl/α,β-unsaturated/α-hetero) is 1. The quantitative estimate of drug-likeness (QED) is 0.577. The summed E-state index contributed by atoms with van der Waals surface area (Å²) in [5.74, 6) is -2.89. The molecule has 0 bridgehead atoms. The fourth-order valence-corrected chi connectivity index (χ4v) is 3.34. The maximum atomic E-state index is 13.4. The minimum Gasteiger partial charge on any atom is -0.330 e. The van der Waals surface area contributed by atoms with Crippen LogP contribution in [0.5, 0.6) is 0 Å². The number of anilines is 1. The third-order valence-corrected chi connectivity index (χ3v) is 5.24. The number of amides is 2. The Balaban J connectivity index is 1.77. The van der Waals surface area contributed by atoms with Crippen molar-refractivity contribution in [2.24, 2.45) is 5.92 Å². The molecule has 6 nitrogen and oxygen atoms in total. The fraction of sp³-hybridized carbons (Fsp3) is 0.450. The molecule has 0 unspecified atom stereocenters. The number of hydrogen-bond acceptors (Lipinski definition) is 3. The van der Waals surface area contributed by atoms with Crippen molar-refractivity contribution in [3.8, 4) is 0 Å². The maximum absolute atomic E-state index is 13.4. The summed E-state index contributed by atoms with van der Waals surface area (Å²) in [7, 11) is 0. The predicted octanol–water partition coefficient (Wildman–Crippen LogP) is 4.54. The summed E-state index contributed by atoms with van der Waals surface area (Å²) in [4.78, 5) is 30.7. The lowest BCUT2D eigenvalue weighted by atomic mass is 10.0. The number of rotatable bonds is 4. The van der Waals surface area contributed by atoms with Gasteiger partial charge >= 0.3 is 12.2 Å². The summed E-state index contributed by atoms with van der Waals surface area (Å²) in [5.41, 5.74) is 1.15. The highest BCUT2D eigenvalue weighted by atomic mass is 19.4. The van der Waals surface area contributed by atoms with Crippen molar-refractivity contribution in [1.82, 2.24) is 14.5 Å². The summed E-state index contributed by atoms with van der Waals surface area (Å²) >= 11 is 0. The number of ketones is 1. The highest BCUT2D eigenvalue weighted by molar-refractivity contribution is 5.96. The number of nitrogens with zero attached hydrogens (tertiary/aromatic N) is 3. The first-order chi connectivity index (χ1) is 14.0. The van der Waals surface area contributed by atoms with E-state index in [1.807, 2.05) is 6.92 Å². The molecule has 10 heteroatoms. The molecule has 0 spiro atoms. The Morgan fingerprint density at radius 3 is 2.67 bits per heavy atom. The van der Waals surface area contributed by atoms with Crippen LogP contribution in [0.25, 0.3) is 0 Å². The second-order valence-corrected chi connectivity index (χ2v) is 7.63. The molecular weight excluding hydrogens is 404 g/mol. The topological polar surface area (TPSA) is 67.2 Å². The molecular formula is C20H22F4N4O2. The highest BCUT2D eigenvalue weighted by Gasteiger charge is 2.39. The third-order valence-electron chi connectivity index (χ3n) is 5.24. The lowest BCUT2D eigenvalue weighted by molar-refractivity contribution is -0.168. The lowest BCUT2D eigenvalue weighted by Gasteiger charge is -2.34. The maximum Gasteiger partial charge on any atom is 0.391 e. The Morgan fingerprint density at radius 1 is 1.33 bits per heavy atom. The van der Waals surface area contributed by atoms with E-state index in [0.717, 1.165) is 6.92 Å². The van der Waals surface area contributed by atoms with Gasteiger partial charge in [-0.1, -0.05) is 6.92 Å². The Bertz CT molecular complexity index is 970. The molecule has 3 rings (SSSR count). The van der Waals surface area contributed by atoms with Crippen LogP contribution >= 0.6 is 0 Å². The molecule has 1 aliphatic heterocycles. The zero-order valence-corrected chi connectivity index (χ0v) is 16.8. The van der Waals surface area contributed by atoms with E-state index >= 15 is 0 Å². The largest absolute Gasteiger partial charge is 0.391 e. The van der Waals surface area contributed by atoms with Crippen molar-refractivity contribution in [2.45, 2.75) is 52.5 Å². The Morgan fingerprint density at radius 2 is 2.03 bits per heavy atom. The number of fused-ring (bicyclic) bond motifs is 1. The van der Waals surface area contributed by atoms with Crippen LogP contribution in [0.1, 0.15) is 42.0 Å². The van der Waals surface area contributed by atoms with Gasteiger partial charge in [0.05, 0.1) is 24.5 Å². The average Bonchev–Trinajstić information content (AvgIpc) is 3.05. The summed E-state index contributed by atoms with van der Waals surface area (Å²) in [6, 6.07) is 3.48. The minimum atomic E-state index is -4.47. The van der Waals surface area contributed by atoms with Gasteiger partial charge in [0.1, 0.15) is 11.5 Å². The number of carbonyl (C=O) groups is 2. The van der Waals surface area contributed by atoms with Gasteiger partial charge in [0, 0.05) is 24.7 Å². The number of imidazole rings is 1. The van der Waals surface area contributed by atoms with Crippen LogP contribution in [-0.4, -0.2) is 38.5 Å². The van der Waals surface area contributed by atoms with Gasteiger partial charge in [0.25, 0.3) is 0 Å². The number of alkyl halides is 3. The number of hydrogen-bond donors (Lipinski definition) is 1. The molecule has 30 heavy (non-hydrogen) atoms. The van der Waals surface area contributed by atoms with Gasteiger partial charge in [-0.2, -0.15) is 13.2 Å². The molecule has 0 aliphatic carbocycles. The second-order valence-electron chi connectivity index (χ2n) is 7.63. The molecule has 1 N–H and O–H groups in total. The van der Waals surface area contributed by atoms with E-state index in [1.54, 1.807) is 11.5 Å². The number of carbonyl (C=O) groups excluding carboxylic acids is 2. The van der Waals surface area contributed by atoms with Crippen LogP contribution in [-0.2, 0) is 13.1 Å². The first-order valence-corrected chi connectivity index (χ1v) is 9.45. The van der Waals surface area contributed by atoms with E-state index in [2.05, 4.69) is 10.3 Å². The molecule has 2 heterocycles. The molecule has 0 saturated heterocycles. The molecule has 1 aliphatic rings. The van der Waals surface area contributed by atoms with Gasteiger partial charge in [-0.15, -0.1) is 0 Å². The van der Waals surface area contributed by atoms with Crippen molar-refractivity contribution in [1.29, 1.82) is 0 Å². The number of halogens is 4. The van der Waals surface area contributed by atoms with Crippen LogP contribution in [0.3, 0.4) is 0 Å². The van der Waals surface area contributed by atoms with Crippen LogP contribution < -0.4 is 5.32 Å². The predicted molar refractivity (Wildman–Crippen MR) is 102 cm³/mol. The first-order valence-electron chi connectivity index (χ1n) is 9.45. The molecule has 0 radical (unpaired) electrons. The number of benzene rings is 1. The average molecular weight is 426 g/mol. The van der Waals surface area contributed by atoms with Crippen LogP contribution in [0.4, 0.5) is 28.0 Å². The minimum absolute atomic E-state index is 0.0225. The summed E-state index contributed by atoms with van der Waals surface area (Å²) < 4.78 is 53.5. The second kappa shape index (κ2) is 8.08. The smallest absolute Gasteiger partial charge is 0.330 e. The van der Waals surface area contributed by atoms with E-state index in [-0.39, 0.29) is 24.1 Å². The molecule has 2 atom stereocenters. The number of aromatic nitrogens is 2. The Kier molecular flexibility index (Phi) is 5.87. The molecule has 2 aromatic rings. The monoisotopic (exact) mass is 426 g/mol. The molecule has 162 valence electrons. The summed E-state index contributed by atoms with van der Waals surface area (Å²) in [5, 5.41) is 2.69. The Hall–Kier alpha value is -2.91. The van der Waals surface area contributed by atoms with E-state index < -0.39 is 30.3 Å². The molecule has 1 aromatic carbocycles. The van der Waals surface area contributed by atoms with Crippen molar-refractivity contribution >= 4 is 17.5 Å². The van der Waals surface area contributed by atoms with Crippen LogP contribution in [0.2, 0.25) is 0 Å². The van der Waals surface area contributed by atoms with Gasteiger partial charge in [-0.3, -0.25) is 4.79 Å².